The molecule has 140 valence electrons. The molecule has 1 amide bonds. The van der Waals surface area contributed by atoms with Crippen LogP contribution in [0, 0.1) is 11.7 Å². The van der Waals surface area contributed by atoms with E-state index in [1.807, 2.05) is 38.1 Å². The van der Waals surface area contributed by atoms with Gasteiger partial charge in [-0.1, -0.05) is 38.1 Å². The number of thiazole rings is 1. The van der Waals surface area contributed by atoms with Crippen molar-refractivity contribution < 1.29 is 13.9 Å². The van der Waals surface area contributed by atoms with E-state index >= 15 is 0 Å². The van der Waals surface area contributed by atoms with E-state index < -0.39 is 0 Å². The van der Waals surface area contributed by atoms with E-state index in [-0.39, 0.29) is 11.7 Å². The Hall–Kier alpha value is -2.73. The summed E-state index contributed by atoms with van der Waals surface area (Å²) in [7, 11) is 0. The Bertz CT molecular complexity index is 907. The van der Waals surface area contributed by atoms with Crippen molar-refractivity contribution >= 4 is 17.2 Å². The Balaban J connectivity index is 1.74. The number of para-hydroxylation sites is 1. The summed E-state index contributed by atoms with van der Waals surface area (Å²) >= 11 is 1.40. The maximum Gasteiger partial charge on any atom is 0.270 e. The van der Waals surface area contributed by atoms with Gasteiger partial charge in [0, 0.05) is 11.9 Å². The summed E-state index contributed by atoms with van der Waals surface area (Å²) in [5.41, 5.74) is 2.11. The number of rotatable bonds is 7. The van der Waals surface area contributed by atoms with E-state index in [4.69, 9.17) is 4.74 Å². The van der Waals surface area contributed by atoms with Crippen LogP contribution < -0.4 is 10.1 Å². The molecule has 0 fully saturated rings. The molecule has 0 radical (unpaired) electrons. The molecule has 0 unspecified atom stereocenters. The van der Waals surface area contributed by atoms with Gasteiger partial charge in [0.05, 0.1) is 5.56 Å². The van der Waals surface area contributed by atoms with E-state index in [0.717, 1.165) is 16.1 Å². The number of nitrogens with one attached hydrogen (secondary N) is 1. The van der Waals surface area contributed by atoms with Gasteiger partial charge in [0.2, 0.25) is 0 Å². The lowest BCUT2D eigenvalue weighted by atomic mass is 10.2. The van der Waals surface area contributed by atoms with Gasteiger partial charge in [-0.15, -0.1) is 11.3 Å². The third kappa shape index (κ3) is 5.14. The predicted molar refractivity (Wildman–Crippen MR) is 105 cm³/mol. The Kier molecular flexibility index (Phi) is 6.19. The second kappa shape index (κ2) is 8.77. The highest BCUT2D eigenvalue weighted by Crippen LogP contribution is 2.32. The van der Waals surface area contributed by atoms with Crippen LogP contribution in [-0.2, 0) is 6.61 Å². The van der Waals surface area contributed by atoms with Crippen molar-refractivity contribution in [2.75, 3.05) is 6.54 Å². The topological polar surface area (TPSA) is 51.2 Å². The molecule has 0 spiro atoms. The van der Waals surface area contributed by atoms with Gasteiger partial charge >= 0.3 is 0 Å². The van der Waals surface area contributed by atoms with E-state index in [1.165, 1.54) is 23.5 Å². The van der Waals surface area contributed by atoms with Crippen molar-refractivity contribution in [3.8, 4) is 16.3 Å². The molecule has 1 N–H and O–H groups in total. The van der Waals surface area contributed by atoms with Crippen molar-refractivity contribution in [1.82, 2.24) is 10.3 Å². The van der Waals surface area contributed by atoms with Gasteiger partial charge in [-0.2, -0.15) is 0 Å². The first-order chi connectivity index (χ1) is 13.0. The Morgan fingerprint density at radius 2 is 1.93 bits per heavy atom. The normalized spacial score (nSPS) is 10.8. The number of aromatic nitrogens is 1. The number of carbonyl (C=O) groups is 1. The third-order valence-electron chi connectivity index (χ3n) is 3.83. The molecule has 3 aromatic rings. The van der Waals surface area contributed by atoms with Crippen LogP contribution in [0.15, 0.2) is 53.9 Å². The molecule has 0 saturated carbocycles. The monoisotopic (exact) mass is 384 g/mol. The van der Waals surface area contributed by atoms with E-state index in [0.29, 0.717) is 30.5 Å². The zero-order valence-electron chi connectivity index (χ0n) is 15.2. The maximum absolute atomic E-state index is 13.0. The highest BCUT2D eigenvalue weighted by Gasteiger charge is 2.15. The summed E-state index contributed by atoms with van der Waals surface area (Å²) in [5.74, 6) is 0.610. The second-order valence-electron chi connectivity index (χ2n) is 6.55. The van der Waals surface area contributed by atoms with E-state index in [2.05, 4.69) is 10.3 Å². The first kappa shape index (κ1) is 19.0. The van der Waals surface area contributed by atoms with Crippen molar-refractivity contribution in [1.29, 1.82) is 0 Å². The molecular formula is C21H21FN2O2S. The number of nitrogens with zero attached hydrogens (tertiary/aromatic N) is 1. The van der Waals surface area contributed by atoms with Crippen LogP contribution in [0.1, 0.15) is 29.9 Å². The number of hydrogen-bond donors (Lipinski definition) is 1. The molecule has 2 aromatic carbocycles. The molecule has 27 heavy (non-hydrogen) atoms. The van der Waals surface area contributed by atoms with Gasteiger partial charge < -0.3 is 10.1 Å². The number of amides is 1. The van der Waals surface area contributed by atoms with Crippen LogP contribution in [0.4, 0.5) is 4.39 Å². The molecule has 1 aromatic heterocycles. The lowest BCUT2D eigenvalue weighted by Gasteiger charge is -2.10. The number of carbonyl (C=O) groups excluding carboxylic acids is 1. The van der Waals surface area contributed by atoms with Gasteiger partial charge in [0.25, 0.3) is 5.91 Å². The third-order valence-corrected chi connectivity index (χ3v) is 4.71. The molecule has 1 heterocycles. The van der Waals surface area contributed by atoms with Gasteiger partial charge in [-0.05, 0) is 35.7 Å². The van der Waals surface area contributed by atoms with Crippen molar-refractivity contribution in [3.63, 3.8) is 0 Å². The number of benzene rings is 2. The molecule has 0 aliphatic rings. The van der Waals surface area contributed by atoms with Gasteiger partial charge in [-0.25, -0.2) is 9.37 Å². The van der Waals surface area contributed by atoms with Crippen LogP contribution in [-0.4, -0.2) is 17.4 Å². The first-order valence-corrected chi connectivity index (χ1v) is 9.61. The van der Waals surface area contributed by atoms with E-state index in [1.54, 1.807) is 17.5 Å². The molecular weight excluding hydrogens is 363 g/mol. The van der Waals surface area contributed by atoms with Gasteiger partial charge in [-0.3, -0.25) is 4.79 Å². The van der Waals surface area contributed by atoms with Crippen LogP contribution in [0.3, 0.4) is 0 Å². The number of halogens is 1. The SMILES string of the molecule is CC(C)CNC(=O)c1csc(-c2ccccc2OCc2ccc(F)cc2)n1. The summed E-state index contributed by atoms with van der Waals surface area (Å²) in [6.45, 7) is 5.02. The maximum atomic E-state index is 13.0. The van der Waals surface area contributed by atoms with E-state index in [9.17, 15) is 9.18 Å². The molecule has 0 aliphatic heterocycles. The smallest absolute Gasteiger partial charge is 0.270 e. The highest BCUT2D eigenvalue weighted by atomic mass is 32.1. The standard InChI is InChI=1S/C21H21FN2O2S/c1-14(2)11-23-20(25)18-13-27-21(24-18)17-5-3-4-6-19(17)26-12-15-7-9-16(22)10-8-15/h3-10,13-14H,11-12H2,1-2H3,(H,23,25). The summed E-state index contributed by atoms with van der Waals surface area (Å²) in [6, 6.07) is 13.8. The summed E-state index contributed by atoms with van der Waals surface area (Å²) < 4.78 is 18.9. The number of hydrogen-bond acceptors (Lipinski definition) is 4. The quantitative estimate of drug-likeness (QED) is 0.629. The Morgan fingerprint density at radius 1 is 1.19 bits per heavy atom. The fourth-order valence-electron chi connectivity index (χ4n) is 2.40. The lowest BCUT2D eigenvalue weighted by molar-refractivity contribution is 0.0945. The van der Waals surface area contributed by atoms with Crippen LogP contribution in [0.2, 0.25) is 0 Å². The minimum Gasteiger partial charge on any atom is -0.488 e. The zero-order valence-corrected chi connectivity index (χ0v) is 16.1. The van der Waals surface area contributed by atoms with Crippen LogP contribution >= 0.6 is 11.3 Å². The van der Waals surface area contributed by atoms with Crippen LogP contribution in [0.5, 0.6) is 5.75 Å². The molecule has 3 rings (SSSR count). The summed E-state index contributed by atoms with van der Waals surface area (Å²) in [6.07, 6.45) is 0. The molecule has 0 bridgehead atoms. The summed E-state index contributed by atoms with van der Waals surface area (Å²) in [5, 5.41) is 5.35. The Morgan fingerprint density at radius 3 is 2.67 bits per heavy atom. The molecule has 6 heteroatoms. The highest BCUT2D eigenvalue weighted by molar-refractivity contribution is 7.13. The second-order valence-corrected chi connectivity index (χ2v) is 7.41. The van der Waals surface area contributed by atoms with Crippen LogP contribution in [0.25, 0.3) is 10.6 Å². The predicted octanol–water partition coefficient (Wildman–Crippen LogP) is 4.91. The van der Waals surface area contributed by atoms with Crippen molar-refractivity contribution in [2.24, 2.45) is 5.92 Å². The van der Waals surface area contributed by atoms with Crippen molar-refractivity contribution in [2.45, 2.75) is 20.5 Å². The van der Waals surface area contributed by atoms with Gasteiger partial charge in [0.1, 0.15) is 28.9 Å². The molecule has 0 atom stereocenters. The first-order valence-electron chi connectivity index (χ1n) is 8.73. The van der Waals surface area contributed by atoms with Gasteiger partial charge in [0.15, 0.2) is 0 Å². The summed E-state index contributed by atoms with van der Waals surface area (Å²) in [4.78, 5) is 16.7. The zero-order chi connectivity index (χ0) is 19.2. The average Bonchev–Trinajstić information content (AvgIpc) is 3.16. The fraction of sp³-hybridized carbons (Fsp3) is 0.238. The number of ether oxygens (including phenoxy) is 1. The molecule has 0 saturated heterocycles. The molecule has 0 aliphatic carbocycles. The van der Waals surface area contributed by atoms with Crippen molar-refractivity contribution in [3.05, 3.63) is 71.0 Å². The molecule has 4 nitrogen and oxygen atoms in total. The minimum atomic E-state index is -0.273. The fourth-order valence-corrected chi connectivity index (χ4v) is 3.23. The lowest BCUT2D eigenvalue weighted by Crippen LogP contribution is -2.27. The minimum absolute atomic E-state index is 0.170. The Labute approximate surface area is 162 Å². The largest absolute Gasteiger partial charge is 0.488 e. The average molecular weight is 384 g/mol.